The van der Waals surface area contributed by atoms with E-state index in [0.717, 1.165) is 83.3 Å². The van der Waals surface area contributed by atoms with E-state index in [1.807, 2.05) is 18.9 Å². The predicted molar refractivity (Wildman–Crippen MR) is 116 cm³/mol. The summed E-state index contributed by atoms with van der Waals surface area (Å²) in [5.41, 5.74) is 0. The lowest BCUT2D eigenvalue weighted by atomic mass is 10.2. The van der Waals surface area contributed by atoms with E-state index in [0.29, 0.717) is 5.89 Å². The second-order valence-corrected chi connectivity index (χ2v) is 8.51. The minimum atomic E-state index is -0.0367. The minimum Gasteiger partial charge on any atom is -0.356 e. The highest BCUT2D eigenvalue weighted by atomic mass is 16.5. The quantitative estimate of drug-likeness (QED) is 0.405. The molecule has 0 bridgehead atoms. The van der Waals surface area contributed by atoms with Crippen molar-refractivity contribution in [2.45, 2.75) is 58.4 Å². The van der Waals surface area contributed by atoms with Crippen molar-refractivity contribution in [2.75, 3.05) is 52.9 Å². The van der Waals surface area contributed by atoms with Crippen molar-refractivity contribution in [3.8, 4) is 0 Å². The number of rotatable bonds is 7. The smallest absolute Gasteiger partial charge is 0.239 e. The zero-order valence-corrected chi connectivity index (χ0v) is 18.9. The monoisotopic (exact) mass is 419 g/mol. The van der Waals surface area contributed by atoms with Gasteiger partial charge in [-0.05, 0) is 26.2 Å². The Morgan fingerprint density at radius 3 is 2.40 bits per heavy atom. The summed E-state index contributed by atoms with van der Waals surface area (Å²) in [5.74, 6) is 2.95. The standard InChI is InChI=1S/C21H37N7O2/c1-16(2)19-24-18(30-25-19)8-7-9-23-21(22-4)28-14-12-26(13-15-28)17(3)20(29)27-10-5-6-11-27/h16-17H,5-15H2,1-4H3,(H,22,23). The van der Waals surface area contributed by atoms with Crippen molar-refractivity contribution >= 4 is 11.9 Å². The number of piperazine rings is 1. The van der Waals surface area contributed by atoms with E-state index in [-0.39, 0.29) is 17.9 Å². The highest BCUT2D eigenvalue weighted by Gasteiger charge is 2.30. The van der Waals surface area contributed by atoms with Crippen molar-refractivity contribution < 1.29 is 9.32 Å². The van der Waals surface area contributed by atoms with Crippen molar-refractivity contribution in [1.82, 2.24) is 30.2 Å². The molecule has 9 nitrogen and oxygen atoms in total. The van der Waals surface area contributed by atoms with Gasteiger partial charge in [0.1, 0.15) is 0 Å². The molecule has 2 aliphatic heterocycles. The van der Waals surface area contributed by atoms with E-state index in [1.54, 1.807) is 0 Å². The molecule has 168 valence electrons. The molecule has 3 rings (SSSR count). The van der Waals surface area contributed by atoms with E-state index in [2.05, 4.69) is 44.1 Å². The van der Waals surface area contributed by atoms with Gasteiger partial charge in [-0.15, -0.1) is 0 Å². The van der Waals surface area contributed by atoms with Crippen LogP contribution in [-0.4, -0.2) is 95.6 Å². The van der Waals surface area contributed by atoms with Crippen LogP contribution in [0.4, 0.5) is 0 Å². The van der Waals surface area contributed by atoms with E-state index < -0.39 is 0 Å². The number of aromatic nitrogens is 2. The van der Waals surface area contributed by atoms with Crippen molar-refractivity contribution in [1.29, 1.82) is 0 Å². The second-order valence-electron chi connectivity index (χ2n) is 8.51. The Kier molecular flexibility index (Phi) is 8.07. The Morgan fingerprint density at radius 2 is 1.80 bits per heavy atom. The molecule has 0 aliphatic carbocycles. The van der Waals surface area contributed by atoms with Gasteiger partial charge >= 0.3 is 0 Å². The maximum atomic E-state index is 12.7. The minimum absolute atomic E-state index is 0.0367. The van der Waals surface area contributed by atoms with Gasteiger partial charge in [-0.25, -0.2) is 0 Å². The number of carbonyl (C=O) groups is 1. The third kappa shape index (κ3) is 5.71. The Labute approximate surface area is 179 Å². The molecule has 0 spiro atoms. The van der Waals surface area contributed by atoms with E-state index in [4.69, 9.17) is 4.52 Å². The van der Waals surface area contributed by atoms with Crippen LogP contribution in [0.2, 0.25) is 0 Å². The summed E-state index contributed by atoms with van der Waals surface area (Å²) in [6.07, 6.45) is 3.94. The normalized spacial score (nSPS) is 19.6. The van der Waals surface area contributed by atoms with Crippen LogP contribution < -0.4 is 5.32 Å². The molecule has 1 aromatic rings. The molecular weight excluding hydrogens is 382 g/mol. The van der Waals surface area contributed by atoms with Crippen LogP contribution in [0.3, 0.4) is 0 Å². The Morgan fingerprint density at radius 1 is 1.10 bits per heavy atom. The van der Waals surface area contributed by atoms with E-state index in [9.17, 15) is 4.79 Å². The first kappa shape index (κ1) is 22.5. The van der Waals surface area contributed by atoms with Gasteiger partial charge < -0.3 is 19.6 Å². The fourth-order valence-corrected chi connectivity index (χ4v) is 4.06. The number of hydrogen-bond donors (Lipinski definition) is 1. The number of amides is 1. The average molecular weight is 420 g/mol. The Hall–Kier alpha value is -2.16. The van der Waals surface area contributed by atoms with Crippen LogP contribution in [0.25, 0.3) is 0 Å². The van der Waals surface area contributed by atoms with Crippen molar-refractivity contribution in [2.24, 2.45) is 4.99 Å². The van der Waals surface area contributed by atoms with Crippen LogP contribution in [0.15, 0.2) is 9.52 Å². The van der Waals surface area contributed by atoms with Gasteiger partial charge in [-0.2, -0.15) is 4.98 Å². The number of guanidine groups is 1. The van der Waals surface area contributed by atoms with Gasteiger partial charge in [-0.3, -0.25) is 14.7 Å². The summed E-state index contributed by atoms with van der Waals surface area (Å²) in [6.45, 7) is 12.3. The summed E-state index contributed by atoms with van der Waals surface area (Å²) < 4.78 is 5.30. The molecule has 1 aromatic heterocycles. The number of aliphatic imine (C=N–C) groups is 1. The molecule has 0 radical (unpaired) electrons. The number of nitrogens with one attached hydrogen (secondary N) is 1. The lowest BCUT2D eigenvalue weighted by Gasteiger charge is -2.39. The van der Waals surface area contributed by atoms with Gasteiger partial charge in [0.2, 0.25) is 11.8 Å². The molecule has 3 heterocycles. The molecule has 1 N–H and O–H groups in total. The summed E-state index contributed by atoms with van der Waals surface area (Å²) in [7, 11) is 1.82. The molecule has 1 amide bonds. The van der Waals surface area contributed by atoms with Crippen molar-refractivity contribution in [3.05, 3.63) is 11.7 Å². The first-order valence-electron chi connectivity index (χ1n) is 11.3. The Balaban J connectivity index is 1.38. The molecule has 1 atom stereocenters. The SMILES string of the molecule is CN=C(NCCCc1nc(C(C)C)no1)N1CCN(C(C)C(=O)N2CCCC2)CC1. The zero-order chi connectivity index (χ0) is 21.5. The van der Waals surface area contributed by atoms with Gasteiger partial charge in [-0.1, -0.05) is 19.0 Å². The molecule has 2 fully saturated rings. The third-order valence-electron chi connectivity index (χ3n) is 6.00. The van der Waals surface area contributed by atoms with Crippen molar-refractivity contribution in [3.63, 3.8) is 0 Å². The maximum absolute atomic E-state index is 12.7. The van der Waals surface area contributed by atoms with Crippen LogP contribution >= 0.6 is 0 Å². The first-order valence-corrected chi connectivity index (χ1v) is 11.3. The highest BCUT2D eigenvalue weighted by Crippen LogP contribution is 2.14. The first-order chi connectivity index (χ1) is 14.5. The van der Waals surface area contributed by atoms with Gasteiger partial charge in [0.05, 0.1) is 6.04 Å². The molecule has 0 aromatic carbocycles. The van der Waals surface area contributed by atoms with Crippen LogP contribution in [0, 0.1) is 0 Å². The number of aryl methyl sites for hydroxylation is 1. The van der Waals surface area contributed by atoms with Crippen LogP contribution in [0.1, 0.15) is 57.7 Å². The molecule has 2 saturated heterocycles. The van der Waals surface area contributed by atoms with Crippen LogP contribution in [-0.2, 0) is 11.2 Å². The number of nitrogens with zero attached hydrogens (tertiary/aromatic N) is 6. The lowest BCUT2D eigenvalue weighted by Crippen LogP contribution is -2.57. The summed E-state index contributed by atoms with van der Waals surface area (Å²) >= 11 is 0. The number of likely N-dealkylation sites (tertiary alicyclic amines) is 1. The summed E-state index contributed by atoms with van der Waals surface area (Å²) in [5, 5.41) is 7.45. The summed E-state index contributed by atoms with van der Waals surface area (Å²) in [6, 6.07) is -0.0367. The number of carbonyl (C=O) groups excluding carboxylic acids is 1. The fourth-order valence-electron chi connectivity index (χ4n) is 4.06. The second kappa shape index (κ2) is 10.7. The topological polar surface area (TPSA) is 90.1 Å². The average Bonchev–Trinajstić information content (AvgIpc) is 3.45. The van der Waals surface area contributed by atoms with Gasteiger partial charge in [0, 0.05) is 65.2 Å². The van der Waals surface area contributed by atoms with E-state index in [1.165, 1.54) is 0 Å². The van der Waals surface area contributed by atoms with Gasteiger partial charge in [0.25, 0.3) is 0 Å². The fraction of sp³-hybridized carbons (Fsp3) is 0.810. The summed E-state index contributed by atoms with van der Waals surface area (Å²) in [4.78, 5) is 28.1. The Bertz CT molecular complexity index is 704. The third-order valence-corrected chi connectivity index (χ3v) is 6.00. The molecule has 0 saturated carbocycles. The number of hydrogen-bond acceptors (Lipinski definition) is 6. The molecular formula is C21H37N7O2. The molecule has 30 heavy (non-hydrogen) atoms. The zero-order valence-electron chi connectivity index (χ0n) is 18.9. The molecule has 9 heteroatoms. The largest absolute Gasteiger partial charge is 0.356 e. The van der Waals surface area contributed by atoms with Gasteiger partial charge in [0.15, 0.2) is 11.8 Å². The van der Waals surface area contributed by atoms with Crippen LogP contribution in [0.5, 0.6) is 0 Å². The lowest BCUT2D eigenvalue weighted by molar-refractivity contribution is -0.135. The highest BCUT2D eigenvalue weighted by molar-refractivity contribution is 5.82. The maximum Gasteiger partial charge on any atom is 0.239 e. The molecule has 1 unspecified atom stereocenters. The molecule has 2 aliphatic rings. The van der Waals surface area contributed by atoms with E-state index >= 15 is 0 Å². The predicted octanol–water partition coefficient (Wildman–Crippen LogP) is 1.33.